The van der Waals surface area contributed by atoms with Gasteiger partial charge in [0.2, 0.25) is 12.5 Å². The van der Waals surface area contributed by atoms with Crippen molar-refractivity contribution in [2.24, 2.45) is 0 Å². The Bertz CT molecular complexity index is 1220. The second kappa shape index (κ2) is 6.00. The molecule has 0 aromatic heterocycles. The van der Waals surface area contributed by atoms with E-state index in [-0.39, 0.29) is 25.2 Å². The molecule has 7 nitrogen and oxygen atoms in total. The third-order valence-electron chi connectivity index (χ3n) is 5.79. The molecule has 3 heterocycles. The van der Waals surface area contributed by atoms with E-state index in [0.29, 0.717) is 28.4 Å². The van der Waals surface area contributed by atoms with Gasteiger partial charge in [0.15, 0.2) is 11.5 Å². The number of anilines is 2. The molecule has 3 aliphatic heterocycles. The van der Waals surface area contributed by atoms with Crippen LogP contribution in [0, 0.1) is 0 Å². The monoisotopic (exact) mass is 399 g/mol. The summed E-state index contributed by atoms with van der Waals surface area (Å²) in [5, 5.41) is 6.30. The lowest BCUT2D eigenvalue weighted by Gasteiger charge is -2.44. The Kier molecular flexibility index (Phi) is 3.38. The van der Waals surface area contributed by atoms with Gasteiger partial charge in [-0.15, -0.1) is 0 Å². The molecule has 0 bridgehead atoms. The van der Waals surface area contributed by atoms with E-state index in [0.717, 1.165) is 11.1 Å². The van der Waals surface area contributed by atoms with Crippen LogP contribution in [0.5, 0.6) is 11.5 Å². The molecule has 2 amide bonds. The molecule has 0 saturated carbocycles. The summed E-state index contributed by atoms with van der Waals surface area (Å²) in [5.41, 5.74) is 2.08. The molecule has 7 heteroatoms. The number of amides is 2. The van der Waals surface area contributed by atoms with Crippen LogP contribution >= 0.6 is 0 Å². The molecule has 1 atom stereocenters. The van der Waals surface area contributed by atoms with Gasteiger partial charge in [0.1, 0.15) is 0 Å². The largest absolute Gasteiger partial charge is 0.454 e. The second-order valence-electron chi connectivity index (χ2n) is 7.46. The maximum absolute atomic E-state index is 13.6. The first-order valence-corrected chi connectivity index (χ1v) is 9.65. The number of nitrogens with zero attached hydrogens (tertiary/aromatic N) is 1. The molecular formula is C23H17N3O4. The number of fused-ring (bicyclic) bond motifs is 4. The van der Waals surface area contributed by atoms with Gasteiger partial charge in [-0.3, -0.25) is 14.5 Å². The lowest BCUT2D eigenvalue weighted by molar-refractivity contribution is -0.125. The third kappa shape index (κ3) is 2.20. The average molecular weight is 399 g/mol. The molecule has 30 heavy (non-hydrogen) atoms. The minimum atomic E-state index is -1.33. The molecule has 0 unspecified atom stereocenters. The Morgan fingerprint density at radius 2 is 1.67 bits per heavy atom. The summed E-state index contributed by atoms with van der Waals surface area (Å²) in [4.78, 5) is 28.6. The molecule has 1 spiro atoms. The second-order valence-corrected chi connectivity index (χ2v) is 7.46. The van der Waals surface area contributed by atoms with Crippen LogP contribution in [-0.4, -0.2) is 23.5 Å². The van der Waals surface area contributed by atoms with Gasteiger partial charge < -0.3 is 20.1 Å². The van der Waals surface area contributed by atoms with Crippen LogP contribution in [0.3, 0.4) is 0 Å². The Morgan fingerprint density at radius 1 is 0.900 bits per heavy atom. The van der Waals surface area contributed by atoms with Crippen LogP contribution in [0.2, 0.25) is 0 Å². The fraction of sp³-hybridized carbons (Fsp3) is 0.130. The van der Waals surface area contributed by atoms with Crippen molar-refractivity contribution in [3.8, 4) is 11.5 Å². The maximum atomic E-state index is 13.6. The molecule has 3 aromatic rings. The van der Waals surface area contributed by atoms with E-state index in [9.17, 15) is 9.59 Å². The molecule has 3 aliphatic rings. The van der Waals surface area contributed by atoms with E-state index in [2.05, 4.69) is 10.6 Å². The van der Waals surface area contributed by atoms with Crippen LogP contribution in [0.15, 0.2) is 66.7 Å². The molecule has 6 rings (SSSR count). The number of carbonyl (C=O) groups excluding carboxylic acids is 2. The topological polar surface area (TPSA) is 79.9 Å². The number of nitrogens with one attached hydrogen (secondary N) is 2. The first-order chi connectivity index (χ1) is 14.7. The summed E-state index contributed by atoms with van der Waals surface area (Å²) in [6.07, 6.45) is 0. The van der Waals surface area contributed by atoms with Gasteiger partial charge in [-0.1, -0.05) is 36.4 Å². The molecule has 0 aliphatic carbocycles. The van der Waals surface area contributed by atoms with E-state index in [1.807, 2.05) is 60.7 Å². The van der Waals surface area contributed by atoms with Crippen LogP contribution in [0.25, 0.3) is 0 Å². The van der Waals surface area contributed by atoms with Crippen molar-refractivity contribution >= 4 is 23.2 Å². The van der Waals surface area contributed by atoms with Crippen LogP contribution in [-0.2, 0) is 17.0 Å². The Hall–Kier alpha value is -4.00. The minimum absolute atomic E-state index is 0.177. The minimum Gasteiger partial charge on any atom is -0.454 e. The molecular weight excluding hydrogens is 382 g/mol. The lowest BCUT2D eigenvalue weighted by atomic mass is 9.92. The number of hydrogen-bond donors (Lipinski definition) is 2. The molecule has 3 aromatic carbocycles. The highest BCUT2D eigenvalue weighted by molar-refractivity contribution is 6.14. The van der Waals surface area contributed by atoms with Gasteiger partial charge in [0.25, 0.3) is 11.8 Å². The predicted molar refractivity (Wildman–Crippen MR) is 109 cm³/mol. The smallest absolute Gasteiger partial charge is 0.276 e. The van der Waals surface area contributed by atoms with Crippen molar-refractivity contribution < 1.29 is 19.1 Å². The summed E-state index contributed by atoms with van der Waals surface area (Å²) >= 11 is 0. The molecule has 148 valence electrons. The number of ether oxygens (including phenoxy) is 2. The summed E-state index contributed by atoms with van der Waals surface area (Å²) < 4.78 is 10.9. The number of benzene rings is 3. The van der Waals surface area contributed by atoms with Crippen molar-refractivity contribution in [3.05, 3.63) is 83.4 Å². The van der Waals surface area contributed by atoms with E-state index in [4.69, 9.17) is 9.47 Å². The van der Waals surface area contributed by atoms with Crippen molar-refractivity contribution in [1.29, 1.82) is 0 Å². The first kappa shape index (κ1) is 16.9. The van der Waals surface area contributed by atoms with E-state index in [1.165, 1.54) is 0 Å². The highest BCUT2D eigenvalue weighted by Gasteiger charge is 2.56. The quantitative estimate of drug-likeness (QED) is 0.691. The van der Waals surface area contributed by atoms with Crippen LogP contribution < -0.4 is 20.1 Å². The summed E-state index contributed by atoms with van der Waals surface area (Å²) in [6, 6.07) is 20.2. The van der Waals surface area contributed by atoms with Gasteiger partial charge in [-0.25, -0.2) is 0 Å². The zero-order valence-corrected chi connectivity index (χ0v) is 15.8. The molecule has 0 saturated heterocycles. The average Bonchev–Trinajstić information content (AvgIpc) is 3.34. The Balaban J connectivity index is 1.52. The third-order valence-corrected chi connectivity index (χ3v) is 5.79. The Morgan fingerprint density at radius 3 is 2.57 bits per heavy atom. The van der Waals surface area contributed by atoms with Crippen LogP contribution in [0.4, 0.5) is 11.4 Å². The number of rotatable bonds is 2. The summed E-state index contributed by atoms with van der Waals surface area (Å²) in [7, 11) is 0. The van der Waals surface area contributed by atoms with E-state index < -0.39 is 5.66 Å². The molecule has 0 radical (unpaired) electrons. The van der Waals surface area contributed by atoms with Gasteiger partial charge in [-0.2, -0.15) is 0 Å². The fourth-order valence-electron chi connectivity index (χ4n) is 4.39. The van der Waals surface area contributed by atoms with Crippen molar-refractivity contribution in [1.82, 2.24) is 4.90 Å². The maximum Gasteiger partial charge on any atom is 0.276 e. The van der Waals surface area contributed by atoms with Gasteiger partial charge >= 0.3 is 0 Å². The van der Waals surface area contributed by atoms with Crippen molar-refractivity contribution in [2.75, 3.05) is 17.4 Å². The summed E-state index contributed by atoms with van der Waals surface area (Å²) in [5.74, 6) is 0.808. The normalized spacial score (nSPS) is 20.6. The summed E-state index contributed by atoms with van der Waals surface area (Å²) in [6.45, 7) is 0.397. The molecule has 2 N–H and O–H groups in total. The van der Waals surface area contributed by atoms with Gasteiger partial charge in [-0.05, 0) is 35.9 Å². The van der Waals surface area contributed by atoms with Gasteiger partial charge in [0.05, 0.1) is 5.56 Å². The highest BCUT2D eigenvalue weighted by Crippen LogP contribution is 2.46. The predicted octanol–water partition coefficient (Wildman–Crippen LogP) is 3.29. The molecule has 0 fully saturated rings. The number of hydrogen-bond acceptors (Lipinski definition) is 5. The van der Waals surface area contributed by atoms with Crippen LogP contribution in [0.1, 0.15) is 21.5 Å². The number of carbonyl (C=O) groups is 2. The Labute approximate surface area is 172 Å². The van der Waals surface area contributed by atoms with Gasteiger partial charge in [0, 0.05) is 23.5 Å². The SMILES string of the molecule is O=C1c2ccccc2N[C@@]2(C(=O)Nc3ccccc32)N1Cc1ccc2c(c1)OCO2. The van der Waals surface area contributed by atoms with E-state index >= 15 is 0 Å². The zero-order valence-electron chi connectivity index (χ0n) is 15.8. The van der Waals surface area contributed by atoms with E-state index in [1.54, 1.807) is 11.0 Å². The van der Waals surface area contributed by atoms with Crippen molar-refractivity contribution in [2.45, 2.75) is 12.2 Å². The fourth-order valence-corrected chi connectivity index (χ4v) is 4.39. The number of para-hydroxylation sites is 2. The lowest BCUT2D eigenvalue weighted by Crippen LogP contribution is -2.60. The zero-order chi connectivity index (χ0) is 20.3. The first-order valence-electron chi connectivity index (χ1n) is 9.65. The van der Waals surface area contributed by atoms with Crippen molar-refractivity contribution in [3.63, 3.8) is 0 Å². The standard InChI is InChI=1S/C23H17N3O4/c27-21-15-5-1-3-7-17(15)25-23(16-6-2-4-8-18(16)24-22(23)28)26(21)12-14-9-10-19-20(11-14)30-13-29-19/h1-11,25H,12-13H2,(H,24,28)/t23-/m1/s1. The highest BCUT2D eigenvalue weighted by atomic mass is 16.7.